The van der Waals surface area contributed by atoms with Gasteiger partial charge in [-0.15, -0.1) is 0 Å². The van der Waals surface area contributed by atoms with Crippen molar-refractivity contribution in [3.05, 3.63) is 107 Å². The second-order valence-electron chi connectivity index (χ2n) is 10.5. The second-order valence-corrected chi connectivity index (χ2v) is 10.5. The molecular formula is C33H31F2N2NaO5. The van der Waals surface area contributed by atoms with Crippen LogP contribution in [0.5, 0.6) is 0 Å². The molecule has 0 spiro atoms. The summed E-state index contributed by atoms with van der Waals surface area (Å²) in [5, 5.41) is 31.0. The van der Waals surface area contributed by atoms with Gasteiger partial charge in [0.25, 0.3) is 5.56 Å². The number of para-hydroxylation sites is 1. The Kier molecular flexibility index (Phi) is 10.0. The molecule has 0 aliphatic rings. The predicted molar refractivity (Wildman–Crippen MR) is 160 cm³/mol. The molecule has 2 atom stereocenters. The topological polar surface area (TPSA) is 105 Å². The summed E-state index contributed by atoms with van der Waals surface area (Å²) in [5.74, 6) is -2.03. The van der Waals surface area contributed by atoms with Crippen molar-refractivity contribution in [3.63, 3.8) is 0 Å². The number of aliphatic carboxylic acids is 1. The standard InChI is InChI=1S/C33H30F2N2O5.Na.H/c1-19(2)36-28(16-15-24(38)17-25(39)18-29(40)41)30(20-7-9-21(34)10-8-20)31-26-5-3-4-6-27(26)37(33(42)32(31)36)23-13-11-22(35)12-14-23;;/h3-16,19,24-25,38-39H,17-18H2,1-2H3,(H,40,41);;/q;+1;-1/t24-,25+;;/m0../s1. The number of carboxylic acid groups (broad SMARTS) is 1. The maximum atomic E-state index is 14.4. The number of halogens is 2. The molecule has 0 radical (unpaired) electrons. The molecule has 3 N–H and O–H groups in total. The number of hydrogen-bond acceptors (Lipinski definition) is 4. The maximum absolute atomic E-state index is 14.4. The van der Waals surface area contributed by atoms with Gasteiger partial charge in [0, 0.05) is 40.2 Å². The predicted octanol–water partition coefficient (Wildman–Crippen LogP) is 3.19. The zero-order chi connectivity index (χ0) is 30.1. The van der Waals surface area contributed by atoms with Crippen molar-refractivity contribution >= 4 is 33.9 Å². The van der Waals surface area contributed by atoms with Crippen LogP contribution in [0.3, 0.4) is 0 Å². The van der Waals surface area contributed by atoms with E-state index in [1.54, 1.807) is 18.2 Å². The van der Waals surface area contributed by atoms with Crippen LogP contribution in [0, 0.1) is 11.6 Å². The molecular weight excluding hydrogens is 565 g/mol. The van der Waals surface area contributed by atoms with E-state index in [4.69, 9.17) is 5.11 Å². The Hall–Kier alpha value is -3.60. The van der Waals surface area contributed by atoms with Gasteiger partial charge in [0.05, 0.1) is 24.1 Å². The molecule has 0 unspecified atom stereocenters. The molecule has 0 aliphatic carbocycles. The van der Waals surface area contributed by atoms with Crippen molar-refractivity contribution in [1.82, 2.24) is 9.13 Å². The first kappa shape index (κ1) is 32.3. The number of aromatic nitrogens is 2. The molecule has 2 aromatic heterocycles. The monoisotopic (exact) mass is 596 g/mol. The molecule has 0 bridgehead atoms. The molecule has 0 fully saturated rings. The molecule has 0 saturated carbocycles. The van der Waals surface area contributed by atoms with Crippen LogP contribution in [0.2, 0.25) is 0 Å². The van der Waals surface area contributed by atoms with E-state index < -0.39 is 36.2 Å². The molecule has 5 rings (SSSR count). The van der Waals surface area contributed by atoms with Gasteiger partial charge < -0.3 is 21.3 Å². The van der Waals surface area contributed by atoms with Gasteiger partial charge in [0.1, 0.15) is 17.2 Å². The number of hydrogen-bond donors (Lipinski definition) is 3. The molecule has 43 heavy (non-hydrogen) atoms. The van der Waals surface area contributed by atoms with Crippen LogP contribution in [-0.2, 0) is 4.79 Å². The van der Waals surface area contributed by atoms with Crippen LogP contribution >= 0.6 is 0 Å². The van der Waals surface area contributed by atoms with Crippen molar-refractivity contribution in [2.75, 3.05) is 0 Å². The van der Waals surface area contributed by atoms with E-state index in [1.165, 1.54) is 47.0 Å². The number of carbonyl (C=O) groups is 1. The van der Waals surface area contributed by atoms with Crippen LogP contribution in [-0.4, -0.2) is 42.6 Å². The van der Waals surface area contributed by atoms with E-state index in [0.29, 0.717) is 38.9 Å². The molecule has 0 saturated heterocycles. The van der Waals surface area contributed by atoms with Gasteiger partial charge in [-0.3, -0.25) is 14.2 Å². The Morgan fingerprint density at radius 1 is 0.953 bits per heavy atom. The summed E-state index contributed by atoms with van der Waals surface area (Å²) < 4.78 is 31.2. The van der Waals surface area contributed by atoms with Crippen molar-refractivity contribution < 1.29 is 59.9 Å². The number of benzene rings is 3. The number of pyridine rings is 1. The fraction of sp³-hybridized carbons (Fsp3) is 0.212. The third-order valence-corrected chi connectivity index (χ3v) is 7.20. The van der Waals surface area contributed by atoms with E-state index in [2.05, 4.69) is 0 Å². The van der Waals surface area contributed by atoms with Crippen molar-refractivity contribution in [3.8, 4) is 16.8 Å². The molecule has 218 valence electrons. The zero-order valence-electron chi connectivity index (χ0n) is 25.0. The minimum atomic E-state index is -1.25. The summed E-state index contributed by atoms with van der Waals surface area (Å²) in [5.41, 5.74) is 2.96. The quantitative estimate of drug-likeness (QED) is 0.227. The summed E-state index contributed by atoms with van der Waals surface area (Å²) >= 11 is 0. The van der Waals surface area contributed by atoms with Gasteiger partial charge in [-0.05, 0) is 68.0 Å². The first-order valence-electron chi connectivity index (χ1n) is 13.6. The third-order valence-electron chi connectivity index (χ3n) is 7.20. The Morgan fingerprint density at radius 2 is 1.56 bits per heavy atom. The fourth-order valence-electron chi connectivity index (χ4n) is 5.48. The minimum Gasteiger partial charge on any atom is -1.00 e. The molecule has 7 nitrogen and oxygen atoms in total. The van der Waals surface area contributed by atoms with Gasteiger partial charge in [-0.1, -0.05) is 36.4 Å². The zero-order valence-corrected chi connectivity index (χ0v) is 26.0. The minimum absolute atomic E-state index is 0. The Bertz CT molecular complexity index is 1870. The molecule has 5 aromatic rings. The summed E-state index contributed by atoms with van der Waals surface area (Å²) in [4.78, 5) is 25.4. The van der Waals surface area contributed by atoms with Gasteiger partial charge >= 0.3 is 35.5 Å². The molecule has 0 aliphatic heterocycles. The van der Waals surface area contributed by atoms with E-state index in [9.17, 15) is 28.6 Å². The molecule has 10 heteroatoms. The first-order valence-corrected chi connectivity index (χ1v) is 13.6. The second kappa shape index (κ2) is 13.4. The van der Waals surface area contributed by atoms with Crippen LogP contribution in [0.15, 0.2) is 83.7 Å². The SMILES string of the molecule is CC(C)n1c(C=C[C@H](O)C[C@@H](O)CC(=O)O)c(-c2ccc(F)cc2)c2c3ccccc3n(-c3ccc(F)cc3)c(=O)c21.[H-].[Na+]. The molecule has 3 aromatic carbocycles. The van der Waals surface area contributed by atoms with E-state index in [0.717, 1.165) is 5.39 Å². The fourth-order valence-corrected chi connectivity index (χ4v) is 5.48. The first-order chi connectivity index (χ1) is 20.1. The number of aliphatic hydroxyl groups excluding tert-OH is 2. The van der Waals surface area contributed by atoms with E-state index in [-0.39, 0.29) is 49.0 Å². The van der Waals surface area contributed by atoms with Crippen molar-refractivity contribution in [2.45, 2.75) is 44.9 Å². The molecule has 0 amide bonds. The maximum Gasteiger partial charge on any atom is 1.00 e. The van der Waals surface area contributed by atoms with Crippen molar-refractivity contribution in [1.29, 1.82) is 0 Å². The van der Waals surface area contributed by atoms with Crippen molar-refractivity contribution in [2.24, 2.45) is 0 Å². The number of nitrogens with zero attached hydrogens (tertiary/aromatic N) is 2. The smallest absolute Gasteiger partial charge is 1.00 e. The normalized spacial score (nSPS) is 13.1. The van der Waals surface area contributed by atoms with Crippen LogP contribution < -0.4 is 35.1 Å². The van der Waals surface area contributed by atoms with E-state index >= 15 is 0 Å². The van der Waals surface area contributed by atoms with Crippen LogP contribution in [0.25, 0.3) is 44.7 Å². The van der Waals surface area contributed by atoms with Gasteiger partial charge in [0.15, 0.2) is 0 Å². The van der Waals surface area contributed by atoms with E-state index in [1.807, 2.05) is 42.7 Å². The van der Waals surface area contributed by atoms with Gasteiger partial charge in [0.2, 0.25) is 0 Å². The molecule has 2 heterocycles. The Balaban J connectivity index is 0.00000264. The summed E-state index contributed by atoms with van der Waals surface area (Å²) in [6.07, 6.45) is -0.0311. The number of aliphatic hydroxyl groups is 2. The Morgan fingerprint density at radius 3 is 2.16 bits per heavy atom. The van der Waals surface area contributed by atoms with Crippen LogP contribution in [0.1, 0.15) is 39.9 Å². The van der Waals surface area contributed by atoms with Gasteiger partial charge in [-0.25, -0.2) is 8.78 Å². The van der Waals surface area contributed by atoms with Gasteiger partial charge in [-0.2, -0.15) is 0 Å². The average Bonchev–Trinajstić information content (AvgIpc) is 3.29. The number of rotatable bonds is 9. The third kappa shape index (κ3) is 6.51. The summed E-state index contributed by atoms with van der Waals surface area (Å²) in [6, 6.07) is 18.7. The average molecular weight is 597 g/mol. The largest absolute Gasteiger partial charge is 1.00 e. The summed E-state index contributed by atoms with van der Waals surface area (Å²) in [6.45, 7) is 3.82. The number of carboxylic acids is 1. The summed E-state index contributed by atoms with van der Waals surface area (Å²) in [7, 11) is 0. The Labute approximate surface area is 270 Å². The number of fused-ring (bicyclic) bond motifs is 3. The van der Waals surface area contributed by atoms with Crippen LogP contribution in [0.4, 0.5) is 8.78 Å².